The number of benzene rings is 1. The molecule has 0 radical (unpaired) electrons. The van der Waals surface area contributed by atoms with Crippen LogP contribution < -0.4 is 4.74 Å². The summed E-state index contributed by atoms with van der Waals surface area (Å²) in [4.78, 5) is 14.4. The highest BCUT2D eigenvalue weighted by molar-refractivity contribution is 5.79. The fraction of sp³-hybridized carbons (Fsp3) is 0.474. The quantitative estimate of drug-likeness (QED) is 0.819. The standard InChI is InChI=1S/C19H25N3O2/c1-4-15-10-20-21(11-15)13-17-9-19(23)22(14(17)2)12-16-5-7-18(24-3)8-6-16/h5-8,10-11,14,17H,4,9,12-13H2,1-3H3. The summed E-state index contributed by atoms with van der Waals surface area (Å²) in [6, 6.07) is 8.14. The summed E-state index contributed by atoms with van der Waals surface area (Å²) in [5, 5.41) is 4.41. The van der Waals surface area contributed by atoms with Gasteiger partial charge in [0.15, 0.2) is 0 Å². The zero-order chi connectivity index (χ0) is 17.1. The van der Waals surface area contributed by atoms with Crippen molar-refractivity contribution < 1.29 is 9.53 Å². The van der Waals surface area contributed by atoms with Crippen LogP contribution in [0.2, 0.25) is 0 Å². The molecular formula is C19H25N3O2. The molecule has 0 saturated carbocycles. The number of hydrogen-bond donors (Lipinski definition) is 0. The molecule has 1 saturated heterocycles. The lowest BCUT2D eigenvalue weighted by Crippen LogP contribution is -2.33. The predicted octanol–water partition coefficient (Wildman–Crippen LogP) is 2.89. The largest absolute Gasteiger partial charge is 0.497 e. The van der Waals surface area contributed by atoms with E-state index in [1.165, 1.54) is 5.56 Å². The Hall–Kier alpha value is -2.30. The van der Waals surface area contributed by atoms with E-state index >= 15 is 0 Å². The first kappa shape index (κ1) is 16.6. The van der Waals surface area contributed by atoms with Crippen molar-refractivity contribution in [3.63, 3.8) is 0 Å². The van der Waals surface area contributed by atoms with Gasteiger partial charge in [0.05, 0.1) is 13.3 Å². The van der Waals surface area contributed by atoms with Gasteiger partial charge in [-0.3, -0.25) is 9.48 Å². The van der Waals surface area contributed by atoms with Crippen LogP contribution in [0.25, 0.3) is 0 Å². The molecule has 2 heterocycles. The molecule has 2 unspecified atom stereocenters. The highest BCUT2D eigenvalue weighted by Gasteiger charge is 2.36. The smallest absolute Gasteiger partial charge is 0.223 e. The third-order valence-electron chi connectivity index (χ3n) is 4.96. The van der Waals surface area contributed by atoms with E-state index in [0.717, 1.165) is 24.3 Å². The lowest BCUT2D eigenvalue weighted by molar-refractivity contribution is -0.129. The van der Waals surface area contributed by atoms with E-state index in [2.05, 4.69) is 25.1 Å². The summed E-state index contributed by atoms with van der Waals surface area (Å²) in [6.45, 7) is 5.72. The Morgan fingerprint density at radius 2 is 2.00 bits per heavy atom. The molecule has 2 aromatic rings. The molecule has 0 N–H and O–H groups in total. The topological polar surface area (TPSA) is 47.4 Å². The zero-order valence-electron chi connectivity index (χ0n) is 14.6. The van der Waals surface area contributed by atoms with Crippen LogP contribution in [0.5, 0.6) is 5.75 Å². The van der Waals surface area contributed by atoms with Crippen molar-refractivity contribution in [2.75, 3.05) is 7.11 Å². The van der Waals surface area contributed by atoms with Crippen LogP contribution in [-0.2, 0) is 24.3 Å². The third-order valence-corrected chi connectivity index (χ3v) is 4.96. The van der Waals surface area contributed by atoms with Gasteiger partial charge in [-0.1, -0.05) is 19.1 Å². The highest BCUT2D eigenvalue weighted by Crippen LogP contribution is 2.28. The minimum Gasteiger partial charge on any atom is -0.497 e. The van der Waals surface area contributed by atoms with Crippen molar-refractivity contribution in [2.45, 2.75) is 45.8 Å². The average Bonchev–Trinajstić information content (AvgIpc) is 3.15. The van der Waals surface area contributed by atoms with Crippen LogP contribution in [0.4, 0.5) is 0 Å². The molecule has 1 aliphatic heterocycles. The number of aryl methyl sites for hydroxylation is 1. The van der Waals surface area contributed by atoms with Gasteiger partial charge in [-0.05, 0) is 36.6 Å². The lowest BCUT2D eigenvalue weighted by atomic mass is 10.0. The molecule has 2 atom stereocenters. The highest BCUT2D eigenvalue weighted by atomic mass is 16.5. The molecule has 5 heteroatoms. The van der Waals surface area contributed by atoms with E-state index in [1.807, 2.05) is 40.0 Å². The second-order valence-corrected chi connectivity index (χ2v) is 6.50. The minimum absolute atomic E-state index is 0.217. The van der Waals surface area contributed by atoms with E-state index in [0.29, 0.717) is 18.9 Å². The number of carbonyl (C=O) groups excluding carboxylic acids is 1. The maximum Gasteiger partial charge on any atom is 0.223 e. The van der Waals surface area contributed by atoms with Crippen molar-refractivity contribution in [1.29, 1.82) is 0 Å². The number of aromatic nitrogens is 2. The molecular weight excluding hydrogens is 302 g/mol. The molecule has 0 bridgehead atoms. The molecule has 1 aliphatic rings. The molecule has 128 valence electrons. The number of hydrogen-bond acceptors (Lipinski definition) is 3. The van der Waals surface area contributed by atoms with Crippen LogP contribution in [-0.4, -0.2) is 33.7 Å². The summed E-state index contributed by atoms with van der Waals surface area (Å²) < 4.78 is 7.16. The van der Waals surface area contributed by atoms with Gasteiger partial charge in [0.1, 0.15) is 5.75 Å². The second-order valence-electron chi connectivity index (χ2n) is 6.50. The Morgan fingerprint density at radius 3 is 2.62 bits per heavy atom. The molecule has 0 spiro atoms. The SMILES string of the molecule is CCc1cnn(CC2CC(=O)N(Cc3ccc(OC)cc3)C2C)c1. The van der Waals surface area contributed by atoms with Gasteiger partial charge in [-0.2, -0.15) is 5.10 Å². The number of amides is 1. The van der Waals surface area contributed by atoms with E-state index < -0.39 is 0 Å². The number of nitrogens with zero attached hydrogens (tertiary/aromatic N) is 3. The van der Waals surface area contributed by atoms with Gasteiger partial charge >= 0.3 is 0 Å². The molecule has 0 aliphatic carbocycles. The fourth-order valence-electron chi connectivity index (χ4n) is 3.30. The molecule has 3 rings (SSSR count). The molecule has 1 aromatic carbocycles. The molecule has 5 nitrogen and oxygen atoms in total. The third kappa shape index (κ3) is 3.45. The second kappa shape index (κ2) is 7.07. The van der Waals surface area contributed by atoms with E-state index in [1.54, 1.807) is 7.11 Å². The summed E-state index contributed by atoms with van der Waals surface area (Å²) in [6.07, 6.45) is 5.58. The van der Waals surface area contributed by atoms with Crippen LogP contribution in [0, 0.1) is 5.92 Å². The van der Waals surface area contributed by atoms with Crippen molar-refractivity contribution in [1.82, 2.24) is 14.7 Å². The first-order valence-electron chi connectivity index (χ1n) is 8.54. The maximum atomic E-state index is 12.4. The van der Waals surface area contributed by atoms with Crippen molar-refractivity contribution >= 4 is 5.91 Å². The summed E-state index contributed by atoms with van der Waals surface area (Å²) in [7, 11) is 1.66. The Bertz CT molecular complexity index is 693. The minimum atomic E-state index is 0.217. The van der Waals surface area contributed by atoms with Gasteiger partial charge in [0.2, 0.25) is 5.91 Å². The first-order chi connectivity index (χ1) is 11.6. The summed E-state index contributed by atoms with van der Waals surface area (Å²) >= 11 is 0. The fourth-order valence-corrected chi connectivity index (χ4v) is 3.30. The molecule has 1 amide bonds. The Kier molecular flexibility index (Phi) is 4.88. The van der Waals surface area contributed by atoms with Crippen LogP contribution in [0.3, 0.4) is 0 Å². The average molecular weight is 327 g/mol. The van der Waals surface area contributed by atoms with Crippen molar-refractivity contribution in [2.24, 2.45) is 5.92 Å². The lowest BCUT2D eigenvalue weighted by Gasteiger charge is -2.25. The summed E-state index contributed by atoms with van der Waals surface area (Å²) in [5.41, 5.74) is 2.37. The first-order valence-corrected chi connectivity index (χ1v) is 8.54. The van der Waals surface area contributed by atoms with Crippen LogP contribution in [0.1, 0.15) is 31.4 Å². The number of methoxy groups -OCH3 is 1. The Balaban J connectivity index is 1.65. The van der Waals surface area contributed by atoms with Gasteiger partial charge in [-0.15, -0.1) is 0 Å². The van der Waals surface area contributed by atoms with Gasteiger partial charge < -0.3 is 9.64 Å². The number of ether oxygens (including phenoxy) is 1. The Morgan fingerprint density at radius 1 is 1.25 bits per heavy atom. The van der Waals surface area contributed by atoms with Gasteiger partial charge in [-0.25, -0.2) is 0 Å². The zero-order valence-corrected chi connectivity index (χ0v) is 14.6. The van der Waals surface area contributed by atoms with E-state index in [9.17, 15) is 4.79 Å². The summed E-state index contributed by atoms with van der Waals surface area (Å²) in [5.74, 6) is 1.37. The molecule has 24 heavy (non-hydrogen) atoms. The van der Waals surface area contributed by atoms with Crippen molar-refractivity contribution in [3.8, 4) is 5.75 Å². The predicted molar refractivity (Wildman–Crippen MR) is 92.7 cm³/mol. The van der Waals surface area contributed by atoms with Crippen LogP contribution >= 0.6 is 0 Å². The van der Waals surface area contributed by atoms with Gasteiger partial charge in [0, 0.05) is 37.7 Å². The maximum absolute atomic E-state index is 12.4. The molecule has 1 aromatic heterocycles. The number of likely N-dealkylation sites (tertiary alicyclic amines) is 1. The Labute approximate surface area is 143 Å². The van der Waals surface area contributed by atoms with E-state index in [4.69, 9.17) is 4.74 Å². The van der Waals surface area contributed by atoms with Crippen LogP contribution in [0.15, 0.2) is 36.7 Å². The van der Waals surface area contributed by atoms with Crippen molar-refractivity contribution in [3.05, 3.63) is 47.8 Å². The van der Waals surface area contributed by atoms with Gasteiger partial charge in [0.25, 0.3) is 0 Å². The number of carbonyl (C=O) groups is 1. The molecule has 1 fully saturated rings. The number of rotatable bonds is 6. The normalized spacial score (nSPS) is 20.6. The monoisotopic (exact) mass is 327 g/mol. The van der Waals surface area contributed by atoms with E-state index in [-0.39, 0.29) is 11.9 Å².